The van der Waals surface area contributed by atoms with Crippen molar-refractivity contribution in [3.05, 3.63) is 27.5 Å². The lowest BCUT2D eigenvalue weighted by atomic mass is 10.1. The number of rotatable bonds is 4. The molecule has 4 nitrogen and oxygen atoms in total. The van der Waals surface area contributed by atoms with Crippen LogP contribution in [0.4, 0.5) is 5.69 Å². The van der Waals surface area contributed by atoms with E-state index in [-0.39, 0.29) is 24.5 Å². The molecule has 1 aromatic carbocycles. The third-order valence-corrected chi connectivity index (χ3v) is 4.87. The van der Waals surface area contributed by atoms with Crippen LogP contribution in [-0.4, -0.2) is 23.7 Å². The van der Waals surface area contributed by atoms with Gasteiger partial charge in [-0.05, 0) is 18.1 Å². The molecule has 1 atom stereocenters. The minimum absolute atomic E-state index is 0.0836. The third kappa shape index (κ3) is 2.97. The van der Waals surface area contributed by atoms with Crippen molar-refractivity contribution >= 4 is 48.9 Å². The number of benzene rings is 1. The highest BCUT2D eigenvalue weighted by Crippen LogP contribution is 2.35. The van der Waals surface area contributed by atoms with Crippen molar-refractivity contribution < 1.29 is 9.90 Å². The van der Waals surface area contributed by atoms with Gasteiger partial charge in [-0.25, -0.2) is 0 Å². The normalized spacial score (nSPS) is 12.8. The van der Waals surface area contributed by atoms with Crippen LogP contribution in [0.1, 0.15) is 23.5 Å². The number of thiophene rings is 1. The monoisotopic (exact) mass is 356 g/mol. The summed E-state index contributed by atoms with van der Waals surface area (Å²) in [5.41, 5.74) is 6.55. The molecule has 0 saturated carbocycles. The predicted octanol–water partition coefficient (Wildman–Crippen LogP) is 2.99. The summed E-state index contributed by atoms with van der Waals surface area (Å²) in [7, 11) is 0. The van der Waals surface area contributed by atoms with Crippen molar-refractivity contribution in [3.8, 4) is 0 Å². The van der Waals surface area contributed by atoms with E-state index in [1.165, 1.54) is 11.3 Å². The molecule has 0 aliphatic heterocycles. The lowest BCUT2D eigenvalue weighted by Gasteiger charge is -2.19. The molecular formula is C14H17BrN2O2S. The van der Waals surface area contributed by atoms with Crippen LogP contribution < -0.4 is 11.1 Å². The average molecular weight is 357 g/mol. The number of aliphatic hydroxyl groups excluding tert-OH is 1. The number of aliphatic hydroxyl groups is 1. The Kier molecular flexibility index (Phi) is 4.67. The molecule has 1 heterocycles. The highest BCUT2D eigenvalue weighted by atomic mass is 79.9. The number of nitrogens with two attached hydrogens (primary N) is 1. The first kappa shape index (κ1) is 15.3. The van der Waals surface area contributed by atoms with Crippen molar-refractivity contribution in [1.29, 1.82) is 0 Å². The molecule has 0 aliphatic rings. The van der Waals surface area contributed by atoms with Gasteiger partial charge >= 0.3 is 0 Å². The number of carbonyl (C=O) groups excluding carboxylic acids is 1. The van der Waals surface area contributed by atoms with E-state index >= 15 is 0 Å². The number of halogens is 1. The van der Waals surface area contributed by atoms with Crippen molar-refractivity contribution in [2.75, 3.05) is 12.3 Å². The summed E-state index contributed by atoms with van der Waals surface area (Å²) in [6, 6.07) is 5.48. The largest absolute Gasteiger partial charge is 0.397 e. The fourth-order valence-corrected chi connectivity index (χ4v) is 3.49. The van der Waals surface area contributed by atoms with Gasteiger partial charge in [-0.2, -0.15) is 0 Å². The molecular weight excluding hydrogens is 340 g/mol. The van der Waals surface area contributed by atoms with Gasteiger partial charge in [0, 0.05) is 14.6 Å². The Morgan fingerprint density at radius 2 is 2.20 bits per heavy atom. The molecule has 0 bridgehead atoms. The van der Waals surface area contributed by atoms with E-state index in [2.05, 4.69) is 21.2 Å². The van der Waals surface area contributed by atoms with Gasteiger partial charge in [-0.1, -0.05) is 35.8 Å². The molecule has 0 unspecified atom stereocenters. The molecule has 2 rings (SSSR count). The van der Waals surface area contributed by atoms with Crippen LogP contribution in [0.5, 0.6) is 0 Å². The SMILES string of the molecule is CC(C)[C@@H](CO)NC(=O)c1sc2cc(Br)ccc2c1N. The van der Waals surface area contributed by atoms with E-state index in [4.69, 9.17) is 5.73 Å². The Bertz CT molecular complexity index is 639. The predicted molar refractivity (Wildman–Crippen MR) is 87.1 cm³/mol. The summed E-state index contributed by atoms with van der Waals surface area (Å²) >= 11 is 4.77. The number of fused-ring (bicyclic) bond motifs is 1. The van der Waals surface area contributed by atoms with Gasteiger partial charge in [0.25, 0.3) is 5.91 Å². The molecule has 1 aromatic heterocycles. The van der Waals surface area contributed by atoms with Crippen molar-refractivity contribution in [1.82, 2.24) is 5.32 Å². The quantitative estimate of drug-likeness (QED) is 0.788. The second-order valence-corrected chi connectivity index (χ2v) is 6.96. The number of amides is 1. The van der Waals surface area contributed by atoms with Crippen LogP contribution >= 0.6 is 27.3 Å². The minimum atomic E-state index is -0.265. The van der Waals surface area contributed by atoms with Crippen molar-refractivity contribution in [3.63, 3.8) is 0 Å². The summed E-state index contributed by atoms with van der Waals surface area (Å²) in [4.78, 5) is 12.8. The van der Waals surface area contributed by atoms with Gasteiger partial charge in [0.15, 0.2) is 0 Å². The zero-order valence-corrected chi connectivity index (χ0v) is 13.7. The second kappa shape index (κ2) is 6.11. The minimum Gasteiger partial charge on any atom is -0.397 e. The molecule has 2 aromatic rings. The fourth-order valence-electron chi connectivity index (χ4n) is 1.92. The first-order chi connectivity index (χ1) is 9.43. The molecule has 0 spiro atoms. The van der Waals surface area contributed by atoms with Gasteiger partial charge in [0.05, 0.1) is 18.3 Å². The first-order valence-corrected chi connectivity index (χ1v) is 7.94. The molecule has 20 heavy (non-hydrogen) atoms. The Balaban J connectivity index is 2.33. The Morgan fingerprint density at radius 3 is 2.80 bits per heavy atom. The zero-order valence-electron chi connectivity index (χ0n) is 11.3. The van der Waals surface area contributed by atoms with E-state index in [0.29, 0.717) is 10.6 Å². The maximum atomic E-state index is 12.3. The summed E-state index contributed by atoms with van der Waals surface area (Å²) in [6.45, 7) is 3.82. The first-order valence-electron chi connectivity index (χ1n) is 6.33. The Hall–Kier alpha value is -1.11. The van der Waals surface area contributed by atoms with Crippen LogP contribution in [0, 0.1) is 5.92 Å². The van der Waals surface area contributed by atoms with Crippen LogP contribution in [0.25, 0.3) is 10.1 Å². The number of nitrogens with one attached hydrogen (secondary N) is 1. The van der Waals surface area contributed by atoms with Gasteiger partial charge in [0.1, 0.15) is 4.88 Å². The molecule has 0 fully saturated rings. The molecule has 6 heteroatoms. The maximum absolute atomic E-state index is 12.3. The van der Waals surface area contributed by atoms with Gasteiger partial charge in [-0.15, -0.1) is 11.3 Å². The topological polar surface area (TPSA) is 75.3 Å². The highest BCUT2D eigenvalue weighted by Gasteiger charge is 2.21. The average Bonchev–Trinajstić information content (AvgIpc) is 2.72. The summed E-state index contributed by atoms with van der Waals surface area (Å²) in [5, 5.41) is 13.0. The Morgan fingerprint density at radius 1 is 1.50 bits per heavy atom. The third-order valence-electron chi connectivity index (χ3n) is 3.21. The fraction of sp³-hybridized carbons (Fsp3) is 0.357. The van der Waals surface area contributed by atoms with Crippen LogP contribution in [-0.2, 0) is 0 Å². The molecule has 108 valence electrons. The molecule has 0 radical (unpaired) electrons. The van der Waals surface area contributed by atoms with E-state index in [1.807, 2.05) is 32.0 Å². The second-order valence-electron chi connectivity index (χ2n) is 4.99. The highest BCUT2D eigenvalue weighted by molar-refractivity contribution is 9.10. The maximum Gasteiger partial charge on any atom is 0.263 e. The number of hydrogen-bond acceptors (Lipinski definition) is 4. The van der Waals surface area contributed by atoms with E-state index in [9.17, 15) is 9.90 Å². The summed E-state index contributed by atoms with van der Waals surface area (Å²) in [5.74, 6) is -0.0683. The van der Waals surface area contributed by atoms with Gasteiger partial charge < -0.3 is 16.2 Å². The lowest BCUT2D eigenvalue weighted by molar-refractivity contribution is 0.0902. The van der Waals surface area contributed by atoms with Crippen molar-refractivity contribution in [2.24, 2.45) is 5.92 Å². The molecule has 0 saturated heterocycles. The van der Waals surface area contributed by atoms with Crippen LogP contribution in [0.15, 0.2) is 22.7 Å². The van der Waals surface area contributed by atoms with Crippen molar-refractivity contribution in [2.45, 2.75) is 19.9 Å². The van der Waals surface area contributed by atoms with E-state index in [0.717, 1.165) is 14.6 Å². The van der Waals surface area contributed by atoms with E-state index in [1.54, 1.807) is 0 Å². The number of anilines is 1. The smallest absolute Gasteiger partial charge is 0.263 e. The number of carbonyl (C=O) groups is 1. The number of nitrogen functional groups attached to an aromatic ring is 1. The lowest BCUT2D eigenvalue weighted by Crippen LogP contribution is -2.41. The standard InChI is InChI=1S/C14H17BrN2O2S/c1-7(2)10(6-18)17-14(19)13-12(16)9-4-3-8(15)5-11(9)20-13/h3-5,7,10,18H,6,16H2,1-2H3,(H,17,19)/t10-/m1/s1. The summed E-state index contributed by atoms with van der Waals surface area (Å²) < 4.78 is 1.92. The zero-order chi connectivity index (χ0) is 14.9. The van der Waals surface area contributed by atoms with Crippen LogP contribution in [0.2, 0.25) is 0 Å². The van der Waals surface area contributed by atoms with Gasteiger partial charge in [0.2, 0.25) is 0 Å². The van der Waals surface area contributed by atoms with E-state index < -0.39 is 0 Å². The molecule has 0 aliphatic carbocycles. The molecule has 4 N–H and O–H groups in total. The Labute approximate surface area is 130 Å². The molecule has 1 amide bonds. The van der Waals surface area contributed by atoms with Crippen LogP contribution in [0.3, 0.4) is 0 Å². The summed E-state index contributed by atoms with van der Waals surface area (Å²) in [6.07, 6.45) is 0. The van der Waals surface area contributed by atoms with Gasteiger partial charge in [-0.3, -0.25) is 4.79 Å². The number of hydrogen-bond donors (Lipinski definition) is 3.